The minimum absolute atomic E-state index is 0.00544. The van der Waals surface area contributed by atoms with Crippen molar-refractivity contribution in [2.24, 2.45) is 5.92 Å². The maximum atomic E-state index is 11.8. The number of hydrogen-bond donors (Lipinski definition) is 3. The Morgan fingerprint density at radius 2 is 2.21 bits per heavy atom. The van der Waals surface area contributed by atoms with Crippen LogP contribution in [0.1, 0.15) is 12.5 Å². The van der Waals surface area contributed by atoms with Crippen LogP contribution >= 0.6 is 0 Å². The third-order valence-electron chi connectivity index (χ3n) is 3.25. The summed E-state index contributed by atoms with van der Waals surface area (Å²) in [5, 5.41) is 2.90. The lowest BCUT2D eigenvalue weighted by Crippen LogP contribution is -2.39. The molecule has 1 amide bonds. The minimum atomic E-state index is -0.00544. The van der Waals surface area contributed by atoms with Gasteiger partial charge in [-0.1, -0.05) is 30.3 Å². The van der Waals surface area contributed by atoms with Gasteiger partial charge in [0.2, 0.25) is 5.91 Å². The number of rotatable bonds is 6. The summed E-state index contributed by atoms with van der Waals surface area (Å²) in [6.45, 7) is 4.34. The topological polar surface area (TPSA) is 62.4 Å². The summed E-state index contributed by atoms with van der Waals surface area (Å²) in [5.74, 6) is 0.0717. The molecule has 104 valence electrons. The minimum Gasteiger partial charge on any atom is -0.375 e. The first kappa shape index (κ1) is 14.0. The van der Waals surface area contributed by atoms with Gasteiger partial charge in [-0.25, -0.2) is 0 Å². The average Bonchev–Trinajstić information content (AvgIpc) is 2.86. The molecule has 1 aromatic rings. The molecule has 3 N–H and O–H groups in total. The van der Waals surface area contributed by atoms with Crippen LogP contribution in [0.4, 0.5) is 0 Å². The van der Waals surface area contributed by atoms with E-state index in [1.54, 1.807) is 0 Å². The Morgan fingerprint density at radius 1 is 1.42 bits per heavy atom. The summed E-state index contributed by atoms with van der Waals surface area (Å²) < 4.78 is 5.51. The van der Waals surface area contributed by atoms with Crippen molar-refractivity contribution in [2.75, 3.05) is 19.7 Å². The molecular formula is C14H21N3O2. The van der Waals surface area contributed by atoms with Gasteiger partial charge in [0.15, 0.2) is 0 Å². The molecule has 0 spiro atoms. The summed E-state index contributed by atoms with van der Waals surface area (Å²) in [6, 6.07) is 10.2. The molecule has 1 aliphatic rings. The van der Waals surface area contributed by atoms with Gasteiger partial charge in [-0.2, -0.15) is 0 Å². The first-order chi connectivity index (χ1) is 9.27. The number of carbonyl (C=O) groups excluding carboxylic acids is 1. The number of nitrogens with one attached hydrogen (secondary N) is 3. The third-order valence-corrected chi connectivity index (χ3v) is 3.25. The van der Waals surface area contributed by atoms with Crippen LogP contribution in [0.2, 0.25) is 0 Å². The van der Waals surface area contributed by atoms with Gasteiger partial charge in [-0.05, 0) is 12.5 Å². The monoisotopic (exact) mass is 263 g/mol. The van der Waals surface area contributed by atoms with E-state index in [4.69, 9.17) is 4.74 Å². The number of carbonyl (C=O) groups is 1. The SMILES string of the molecule is CC1NNCC1C(=O)NCCOCc1ccccc1. The molecule has 2 atom stereocenters. The summed E-state index contributed by atoms with van der Waals surface area (Å²) >= 11 is 0. The number of benzene rings is 1. The van der Waals surface area contributed by atoms with Gasteiger partial charge in [-0.15, -0.1) is 0 Å². The van der Waals surface area contributed by atoms with Gasteiger partial charge in [0, 0.05) is 19.1 Å². The molecule has 5 heteroatoms. The summed E-state index contributed by atoms with van der Waals surface area (Å²) in [5.41, 5.74) is 7.16. The van der Waals surface area contributed by atoms with Crippen LogP contribution in [0.15, 0.2) is 30.3 Å². The Bertz CT molecular complexity index is 397. The van der Waals surface area contributed by atoms with Crippen molar-refractivity contribution in [2.45, 2.75) is 19.6 Å². The van der Waals surface area contributed by atoms with Crippen LogP contribution in [0.5, 0.6) is 0 Å². The van der Waals surface area contributed by atoms with E-state index in [1.807, 2.05) is 37.3 Å². The van der Waals surface area contributed by atoms with E-state index in [9.17, 15) is 4.79 Å². The molecule has 0 aromatic heterocycles. The molecule has 19 heavy (non-hydrogen) atoms. The lowest BCUT2D eigenvalue weighted by atomic mass is 10.0. The van der Waals surface area contributed by atoms with Crippen molar-refractivity contribution in [3.05, 3.63) is 35.9 Å². The van der Waals surface area contributed by atoms with Crippen molar-refractivity contribution in [3.8, 4) is 0 Å². The Kier molecular flexibility index (Phi) is 5.32. The van der Waals surface area contributed by atoms with E-state index in [0.717, 1.165) is 5.56 Å². The normalized spacial score (nSPS) is 22.4. The maximum Gasteiger partial charge on any atom is 0.226 e. The lowest BCUT2D eigenvalue weighted by Gasteiger charge is -2.13. The second-order valence-corrected chi connectivity index (χ2v) is 4.75. The molecular weight excluding hydrogens is 242 g/mol. The van der Waals surface area contributed by atoms with Gasteiger partial charge < -0.3 is 10.1 Å². The Labute approximate surface area is 113 Å². The molecule has 0 radical (unpaired) electrons. The second kappa shape index (κ2) is 7.23. The van der Waals surface area contributed by atoms with Crippen molar-refractivity contribution in [1.82, 2.24) is 16.2 Å². The number of amides is 1. The van der Waals surface area contributed by atoms with E-state index in [0.29, 0.717) is 26.3 Å². The molecule has 2 unspecified atom stereocenters. The molecule has 1 aromatic carbocycles. The molecule has 1 aliphatic heterocycles. The quantitative estimate of drug-likeness (QED) is 0.651. The van der Waals surface area contributed by atoms with Gasteiger partial charge >= 0.3 is 0 Å². The van der Waals surface area contributed by atoms with Crippen molar-refractivity contribution in [3.63, 3.8) is 0 Å². The van der Waals surface area contributed by atoms with Gasteiger partial charge in [-0.3, -0.25) is 15.6 Å². The molecule has 1 saturated heterocycles. The fraction of sp³-hybridized carbons (Fsp3) is 0.500. The van der Waals surface area contributed by atoms with E-state index < -0.39 is 0 Å². The zero-order chi connectivity index (χ0) is 13.5. The van der Waals surface area contributed by atoms with Crippen LogP contribution in [-0.4, -0.2) is 31.6 Å². The molecule has 5 nitrogen and oxygen atoms in total. The fourth-order valence-corrected chi connectivity index (χ4v) is 2.07. The van der Waals surface area contributed by atoms with Crippen molar-refractivity contribution >= 4 is 5.91 Å². The second-order valence-electron chi connectivity index (χ2n) is 4.75. The largest absolute Gasteiger partial charge is 0.375 e. The smallest absolute Gasteiger partial charge is 0.226 e. The van der Waals surface area contributed by atoms with Crippen LogP contribution in [-0.2, 0) is 16.1 Å². The van der Waals surface area contributed by atoms with Crippen molar-refractivity contribution in [1.29, 1.82) is 0 Å². The summed E-state index contributed by atoms with van der Waals surface area (Å²) in [6.07, 6.45) is 0. The number of hydrazine groups is 1. The van der Waals surface area contributed by atoms with Crippen molar-refractivity contribution < 1.29 is 9.53 Å². The van der Waals surface area contributed by atoms with Crippen LogP contribution < -0.4 is 16.2 Å². The van der Waals surface area contributed by atoms with E-state index in [1.165, 1.54) is 0 Å². The zero-order valence-corrected chi connectivity index (χ0v) is 11.2. The predicted molar refractivity (Wildman–Crippen MR) is 73.2 cm³/mol. The van der Waals surface area contributed by atoms with Crippen LogP contribution in [0.3, 0.4) is 0 Å². The van der Waals surface area contributed by atoms with E-state index >= 15 is 0 Å². The number of hydrogen-bond acceptors (Lipinski definition) is 4. The summed E-state index contributed by atoms with van der Waals surface area (Å²) in [7, 11) is 0. The highest BCUT2D eigenvalue weighted by atomic mass is 16.5. The highest BCUT2D eigenvalue weighted by molar-refractivity contribution is 5.79. The van der Waals surface area contributed by atoms with E-state index in [2.05, 4.69) is 16.2 Å². The lowest BCUT2D eigenvalue weighted by molar-refractivity contribution is -0.125. The van der Waals surface area contributed by atoms with Gasteiger partial charge in [0.05, 0.1) is 19.1 Å². The standard InChI is InChI=1S/C14H21N3O2/c1-11-13(9-16-17-11)14(18)15-7-8-19-10-12-5-3-2-4-6-12/h2-6,11,13,16-17H,7-10H2,1H3,(H,15,18). The summed E-state index contributed by atoms with van der Waals surface area (Å²) in [4.78, 5) is 11.8. The Hall–Kier alpha value is -1.43. The third kappa shape index (κ3) is 4.31. The maximum absolute atomic E-state index is 11.8. The first-order valence-electron chi connectivity index (χ1n) is 6.65. The van der Waals surface area contributed by atoms with Crippen LogP contribution in [0, 0.1) is 5.92 Å². The molecule has 1 fully saturated rings. The predicted octanol–water partition coefficient (Wildman–Crippen LogP) is 0.432. The molecule has 0 saturated carbocycles. The molecule has 2 rings (SSSR count). The van der Waals surface area contributed by atoms with Gasteiger partial charge in [0.25, 0.3) is 0 Å². The average molecular weight is 263 g/mol. The Balaban J connectivity index is 1.58. The highest BCUT2D eigenvalue weighted by Crippen LogP contribution is 2.06. The van der Waals surface area contributed by atoms with Crippen LogP contribution in [0.25, 0.3) is 0 Å². The van der Waals surface area contributed by atoms with E-state index in [-0.39, 0.29) is 17.9 Å². The molecule has 1 heterocycles. The Morgan fingerprint density at radius 3 is 2.89 bits per heavy atom. The highest BCUT2D eigenvalue weighted by Gasteiger charge is 2.28. The molecule has 0 bridgehead atoms. The molecule has 0 aliphatic carbocycles. The number of ether oxygens (including phenoxy) is 1. The fourth-order valence-electron chi connectivity index (χ4n) is 2.07. The first-order valence-corrected chi connectivity index (χ1v) is 6.65. The van der Waals surface area contributed by atoms with Gasteiger partial charge in [0.1, 0.15) is 0 Å². The zero-order valence-electron chi connectivity index (χ0n) is 11.2.